The van der Waals surface area contributed by atoms with Crippen molar-refractivity contribution >= 4 is 30.0 Å². The SMILES string of the molecule is CCC1CCN1C(=O)NC(C)[C@@H](Cc1ccc(Cl)cc1)c1cccc(C#N)c1.Cl. The number of nitrogens with zero attached hydrogens (tertiary/aromatic N) is 2. The molecule has 1 aliphatic rings. The van der Waals surface area contributed by atoms with Crippen molar-refractivity contribution in [2.24, 2.45) is 0 Å². The summed E-state index contributed by atoms with van der Waals surface area (Å²) in [5.74, 6) is 0.0554. The summed E-state index contributed by atoms with van der Waals surface area (Å²) in [4.78, 5) is 14.6. The Labute approximate surface area is 184 Å². The van der Waals surface area contributed by atoms with Crippen molar-refractivity contribution in [2.75, 3.05) is 6.54 Å². The van der Waals surface area contributed by atoms with E-state index in [4.69, 9.17) is 11.6 Å². The summed E-state index contributed by atoms with van der Waals surface area (Å²) in [5.41, 5.74) is 2.83. The highest BCUT2D eigenvalue weighted by Crippen LogP contribution is 2.27. The molecule has 1 fully saturated rings. The average Bonchev–Trinajstić information content (AvgIpc) is 2.67. The van der Waals surface area contributed by atoms with Gasteiger partial charge in [0.05, 0.1) is 11.6 Å². The molecule has 2 unspecified atom stereocenters. The van der Waals surface area contributed by atoms with Gasteiger partial charge in [-0.3, -0.25) is 0 Å². The van der Waals surface area contributed by atoms with E-state index in [-0.39, 0.29) is 30.4 Å². The molecule has 0 saturated carbocycles. The van der Waals surface area contributed by atoms with E-state index in [0.29, 0.717) is 16.6 Å². The molecule has 0 bridgehead atoms. The molecule has 2 amide bonds. The molecule has 2 aromatic rings. The number of carbonyl (C=O) groups is 1. The van der Waals surface area contributed by atoms with Gasteiger partial charge in [0.15, 0.2) is 0 Å². The molecular formula is C23H27Cl2N3O. The van der Waals surface area contributed by atoms with Crippen molar-refractivity contribution in [2.45, 2.75) is 51.1 Å². The van der Waals surface area contributed by atoms with E-state index in [2.05, 4.69) is 18.3 Å². The van der Waals surface area contributed by atoms with E-state index >= 15 is 0 Å². The summed E-state index contributed by atoms with van der Waals surface area (Å²) < 4.78 is 0. The van der Waals surface area contributed by atoms with E-state index in [1.807, 2.05) is 54.3 Å². The predicted octanol–water partition coefficient (Wildman–Crippen LogP) is 5.54. The first kappa shape index (κ1) is 23.1. The number of amides is 2. The highest BCUT2D eigenvalue weighted by atomic mass is 35.5. The number of carbonyl (C=O) groups excluding carboxylic acids is 1. The molecule has 29 heavy (non-hydrogen) atoms. The van der Waals surface area contributed by atoms with Gasteiger partial charge in [0.2, 0.25) is 0 Å². The highest BCUT2D eigenvalue weighted by molar-refractivity contribution is 6.30. The van der Waals surface area contributed by atoms with Crippen LogP contribution in [0.3, 0.4) is 0 Å². The molecule has 2 aromatic carbocycles. The zero-order valence-corrected chi connectivity index (χ0v) is 18.3. The molecular weight excluding hydrogens is 405 g/mol. The number of urea groups is 1. The molecule has 1 aliphatic heterocycles. The third-order valence-electron chi connectivity index (χ3n) is 5.64. The van der Waals surface area contributed by atoms with Gasteiger partial charge in [-0.2, -0.15) is 5.26 Å². The van der Waals surface area contributed by atoms with E-state index < -0.39 is 0 Å². The zero-order chi connectivity index (χ0) is 20.1. The first-order chi connectivity index (χ1) is 13.5. The fourth-order valence-electron chi connectivity index (χ4n) is 3.81. The second-order valence-electron chi connectivity index (χ2n) is 7.46. The highest BCUT2D eigenvalue weighted by Gasteiger charge is 2.32. The third-order valence-corrected chi connectivity index (χ3v) is 5.90. The topological polar surface area (TPSA) is 56.1 Å². The quantitative estimate of drug-likeness (QED) is 0.652. The molecule has 0 radical (unpaired) electrons. The lowest BCUT2D eigenvalue weighted by atomic mass is 9.86. The van der Waals surface area contributed by atoms with Gasteiger partial charge in [0.1, 0.15) is 0 Å². The van der Waals surface area contributed by atoms with Gasteiger partial charge in [-0.05, 0) is 61.6 Å². The molecule has 154 valence electrons. The van der Waals surface area contributed by atoms with Crippen LogP contribution in [0.4, 0.5) is 4.79 Å². The van der Waals surface area contributed by atoms with Gasteiger partial charge in [0.25, 0.3) is 0 Å². The van der Waals surface area contributed by atoms with Gasteiger partial charge in [0, 0.05) is 29.6 Å². The molecule has 4 nitrogen and oxygen atoms in total. The summed E-state index contributed by atoms with van der Waals surface area (Å²) in [6, 6.07) is 17.9. The van der Waals surface area contributed by atoms with Crippen molar-refractivity contribution < 1.29 is 4.79 Å². The summed E-state index contributed by atoms with van der Waals surface area (Å²) in [6.45, 7) is 4.98. The maximum absolute atomic E-state index is 12.7. The van der Waals surface area contributed by atoms with Gasteiger partial charge < -0.3 is 10.2 Å². The Bertz CT molecular complexity index is 861. The number of hydrogen-bond acceptors (Lipinski definition) is 2. The van der Waals surface area contributed by atoms with Crippen molar-refractivity contribution in [3.05, 3.63) is 70.2 Å². The van der Waals surface area contributed by atoms with Crippen LogP contribution in [0.25, 0.3) is 0 Å². The zero-order valence-electron chi connectivity index (χ0n) is 16.8. The first-order valence-corrected chi connectivity index (χ1v) is 10.2. The number of rotatable bonds is 6. The van der Waals surface area contributed by atoms with Crippen molar-refractivity contribution in [3.8, 4) is 6.07 Å². The molecule has 1 N–H and O–H groups in total. The van der Waals surface area contributed by atoms with Gasteiger partial charge in [-0.15, -0.1) is 12.4 Å². The Morgan fingerprint density at radius 3 is 2.62 bits per heavy atom. The van der Waals surface area contributed by atoms with Crippen LogP contribution >= 0.6 is 24.0 Å². The van der Waals surface area contributed by atoms with Gasteiger partial charge >= 0.3 is 6.03 Å². The van der Waals surface area contributed by atoms with Crippen LogP contribution in [-0.4, -0.2) is 29.6 Å². The maximum atomic E-state index is 12.7. The van der Waals surface area contributed by atoms with Crippen molar-refractivity contribution in [1.82, 2.24) is 10.2 Å². The predicted molar refractivity (Wildman–Crippen MR) is 120 cm³/mol. The lowest BCUT2D eigenvalue weighted by Crippen LogP contribution is -2.56. The number of halogens is 2. The minimum atomic E-state index is -0.0739. The van der Waals surface area contributed by atoms with Crippen LogP contribution in [0.5, 0.6) is 0 Å². The lowest BCUT2D eigenvalue weighted by molar-refractivity contribution is 0.109. The number of likely N-dealkylation sites (tertiary alicyclic amines) is 1. The van der Waals surface area contributed by atoms with Gasteiger partial charge in [-0.1, -0.05) is 42.8 Å². The van der Waals surface area contributed by atoms with Crippen LogP contribution < -0.4 is 5.32 Å². The molecule has 0 spiro atoms. The average molecular weight is 432 g/mol. The Kier molecular flexibility index (Phi) is 8.37. The molecule has 1 heterocycles. The Morgan fingerprint density at radius 2 is 2.03 bits per heavy atom. The van der Waals surface area contributed by atoms with Crippen LogP contribution in [0.2, 0.25) is 5.02 Å². The van der Waals surface area contributed by atoms with Crippen LogP contribution in [0, 0.1) is 11.3 Å². The molecule has 6 heteroatoms. The largest absolute Gasteiger partial charge is 0.335 e. The number of hydrogen-bond donors (Lipinski definition) is 1. The number of nitrogens with one attached hydrogen (secondary N) is 1. The minimum absolute atomic E-state index is 0. The van der Waals surface area contributed by atoms with Crippen LogP contribution in [-0.2, 0) is 6.42 Å². The summed E-state index contributed by atoms with van der Waals surface area (Å²) in [5, 5.41) is 13.2. The Hall–Kier alpha value is -2.22. The van der Waals surface area contributed by atoms with E-state index in [9.17, 15) is 10.1 Å². The molecule has 0 aliphatic carbocycles. The summed E-state index contributed by atoms with van der Waals surface area (Å²) >= 11 is 6.02. The van der Waals surface area contributed by atoms with Crippen molar-refractivity contribution in [3.63, 3.8) is 0 Å². The fraction of sp³-hybridized carbons (Fsp3) is 0.391. The standard InChI is InChI=1S/C23H26ClN3O.ClH/c1-3-21-11-12-27(21)23(28)26-16(2)22(14-17-7-9-20(24)10-8-17)19-6-4-5-18(13-19)15-25;/h4-10,13,16,21-22H,3,11-12,14H2,1-2H3,(H,26,28);1H/t16?,21?,22-;/m1./s1. The van der Waals surface area contributed by atoms with Crippen LogP contribution in [0.15, 0.2) is 48.5 Å². The number of nitriles is 1. The Balaban J connectivity index is 0.00000300. The van der Waals surface area contributed by atoms with Crippen LogP contribution in [0.1, 0.15) is 49.3 Å². The summed E-state index contributed by atoms with van der Waals surface area (Å²) in [7, 11) is 0. The van der Waals surface area contributed by atoms with E-state index in [0.717, 1.165) is 36.9 Å². The van der Waals surface area contributed by atoms with E-state index in [1.165, 1.54) is 0 Å². The van der Waals surface area contributed by atoms with E-state index in [1.54, 1.807) is 6.07 Å². The lowest BCUT2D eigenvalue weighted by Gasteiger charge is -2.41. The number of benzene rings is 2. The molecule has 3 atom stereocenters. The third kappa shape index (κ3) is 5.65. The molecule has 3 rings (SSSR count). The fourth-order valence-corrected chi connectivity index (χ4v) is 3.93. The second-order valence-corrected chi connectivity index (χ2v) is 7.89. The maximum Gasteiger partial charge on any atom is 0.317 e. The summed E-state index contributed by atoms with van der Waals surface area (Å²) in [6.07, 6.45) is 2.82. The molecule has 0 aromatic heterocycles. The van der Waals surface area contributed by atoms with Gasteiger partial charge in [-0.25, -0.2) is 4.79 Å². The molecule has 1 saturated heterocycles. The minimum Gasteiger partial charge on any atom is -0.335 e. The second kappa shape index (κ2) is 10.5. The normalized spacial score (nSPS) is 17.3. The van der Waals surface area contributed by atoms with Crippen molar-refractivity contribution in [1.29, 1.82) is 5.26 Å². The first-order valence-electron chi connectivity index (χ1n) is 9.83. The Morgan fingerprint density at radius 1 is 1.31 bits per heavy atom. The monoisotopic (exact) mass is 431 g/mol. The smallest absolute Gasteiger partial charge is 0.317 e.